The number of aryl methyl sites for hydroxylation is 2. The summed E-state index contributed by atoms with van der Waals surface area (Å²) < 4.78 is 1.74. The van der Waals surface area contributed by atoms with Crippen molar-refractivity contribution in [2.45, 2.75) is 31.7 Å². The quantitative estimate of drug-likeness (QED) is 0.738. The molecule has 1 N–H and O–H groups in total. The van der Waals surface area contributed by atoms with Crippen molar-refractivity contribution in [2.75, 3.05) is 5.32 Å². The minimum absolute atomic E-state index is 0.118. The molecule has 0 radical (unpaired) electrons. The van der Waals surface area contributed by atoms with Crippen molar-refractivity contribution >= 4 is 39.9 Å². The molecule has 0 aromatic carbocycles. The highest BCUT2D eigenvalue weighted by atomic mass is 32.2. The summed E-state index contributed by atoms with van der Waals surface area (Å²) in [4.78, 5) is 24.1. The Hall–Kier alpha value is -2.00. The van der Waals surface area contributed by atoms with Crippen molar-refractivity contribution in [3.63, 3.8) is 0 Å². The molecule has 0 fully saturated rings. The summed E-state index contributed by atoms with van der Waals surface area (Å²) in [5.74, 6) is 1.13. The maximum Gasteiger partial charge on any atom is 0.253 e. The number of carbonyl (C=O) groups excluding carboxylic acids is 1. The van der Waals surface area contributed by atoms with E-state index in [9.17, 15) is 4.79 Å². The van der Waals surface area contributed by atoms with E-state index in [1.54, 1.807) is 4.52 Å². The topological polar surface area (TPSA) is 85.1 Å². The molecule has 0 saturated heterocycles. The minimum atomic E-state index is -0.118. The predicted molar refractivity (Wildman–Crippen MR) is 86.2 cm³/mol. The summed E-state index contributed by atoms with van der Waals surface area (Å²) >= 11 is 2.90. The van der Waals surface area contributed by atoms with E-state index in [0.717, 1.165) is 17.1 Å². The molecule has 0 spiro atoms. The van der Waals surface area contributed by atoms with Gasteiger partial charge in [-0.1, -0.05) is 11.8 Å². The third kappa shape index (κ3) is 3.25. The fourth-order valence-corrected chi connectivity index (χ4v) is 3.50. The van der Waals surface area contributed by atoms with Gasteiger partial charge in [-0.15, -0.1) is 16.4 Å². The number of nitrogens with one attached hydrogen (secondary N) is 1. The molecular formula is C13H14N6OS2. The molecule has 0 aliphatic heterocycles. The molecule has 3 rings (SSSR count). The third-order valence-electron chi connectivity index (χ3n) is 2.78. The predicted octanol–water partition coefficient (Wildman–Crippen LogP) is 2.45. The van der Waals surface area contributed by atoms with Gasteiger partial charge in [0.15, 0.2) is 5.13 Å². The standard InChI is InChI=1S/C13H14N6OS2/c1-7-4-8(2)19-11(14-7)17-13(18-19)22-6-10-5-21-12(16-10)15-9(3)20/h4-5H,6H2,1-3H3,(H,15,16,20). The van der Waals surface area contributed by atoms with Crippen LogP contribution in [0.4, 0.5) is 5.13 Å². The number of amides is 1. The highest BCUT2D eigenvalue weighted by molar-refractivity contribution is 7.98. The normalized spacial score (nSPS) is 11.0. The number of carbonyl (C=O) groups is 1. The van der Waals surface area contributed by atoms with Gasteiger partial charge in [0.05, 0.1) is 5.69 Å². The third-order valence-corrected chi connectivity index (χ3v) is 4.46. The zero-order valence-electron chi connectivity index (χ0n) is 12.3. The Balaban J connectivity index is 1.72. The molecule has 22 heavy (non-hydrogen) atoms. The van der Waals surface area contributed by atoms with E-state index in [0.29, 0.717) is 21.8 Å². The van der Waals surface area contributed by atoms with Crippen LogP contribution in [0.5, 0.6) is 0 Å². The van der Waals surface area contributed by atoms with Gasteiger partial charge >= 0.3 is 0 Å². The highest BCUT2D eigenvalue weighted by Crippen LogP contribution is 2.23. The molecule has 9 heteroatoms. The zero-order chi connectivity index (χ0) is 15.7. The zero-order valence-corrected chi connectivity index (χ0v) is 14.0. The smallest absolute Gasteiger partial charge is 0.253 e. The largest absolute Gasteiger partial charge is 0.302 e. The van der Waals surface area contributed by atoms with Crippen LogP contribution in [0.1, 0.15) is 24.0 Å². The number of thioether (sulfide) groups is 1. The van der Waals surface area contributed by atoms with Crippen molar-refractivity contribution in [1.82, 2.24) is 24.6 Å². The maximum atomic E-state index is 11.0. The number of rotatable bonds is 4. The monoisotopic (exact) mass is 334 g/mol. The van der Waals surface area contributed by atoms with E-state index in [1.165, 1.54) is 30.0 Å². The molecular weight excluding hydrogens is 320 g/mol. The summed E-state index contributed by atoms with van der Waals surface area (Å²) in [7, 11) is 0. The number of hydrogen-bond acceptors (Lipinski definition) is 7. The number of fused-ring (bicyclic) bond motifs is 1. The average Bonchev–Trinajstić information content (AvgIpc) is 3.02. The van der Waals surface area contributed by atoms with Gasteiger partial charge in [-0.25, -0.2) is 14.5 Å². The molecule has 3 heterocycles. The van der Waals surface area contributed by atoms with Crippen LogP contribution in [0, 0.1) is 13.8 Å². The summed E-state index contributed by atoms with van der Waals surface area (Å²) in [5.41, 5.74) is 2.82. The van der Waals surface area contributed by atoms with E-state index in [2.05, 4.69) is 25.4 Å². The number of anilines is 1. The van der Waals surface area contributed by atoms with Gasteiger partial charge in [-0.05, 0) is 19.9 Å². The second kappa shape index (κ2) is 6.01. The average molecular weight is 334 g/mol. The first-order chi connectivity index (χ1) is 10.5. The highest BCUT2D eigenvalue weighted by Gasteiger charge is 2.10. The summed E-state index contributed by atoms with van der Waals surface area (Å²) in [6.07, 6.45) is 0. The molecule has 7 nitrogen and oxygen atoms in total. The molecule has 3 aromatic rings. The van der Waals surface area contributed by atoms with E-state index in [4.69, 9.17) is 0 Å². The van der Waals surface area contributed by atoms with Gasteiger partial charge in [-0.3, -0.25) is 4.79 Å². The fourth-order valence-electron chi connectivity index (χ4n) is 1.93. The van der Waals surface area contributed by atoms with Gasteiger partial charge in [0, 0.05) is 29.4 Å². The Bertz CT molecular complexity index is 840. The van der Waals surface area contributed by atoms with Crippen LogP contribution in [-0.4, -0.2) is 30.5 Å². The summed E-state index contributed by atoms with van der Waals surface area (Å²) in [5, 5.41) is 10.3. The Morgan fingerprint density at radius 2 is 2.18 bits per heavy atom. The SMILES string of the molecule is CC(=O)Nc1nc(CSc2nc3nc(C)cc(C)n3n2)cs1. The second-order valence-corrected chi connectivity index (χ2v) is 6.56. The maximum absolute atomic E-state index is 11.0. The van der Waals surface area contributed by atoms with Crippen molar-refractivity contribution in [3.8, 4) is 0 Å². The van der Waals surface area contributed by atoms with Gasteiger partial charge in [0.2, 0.25) is 11.1 Å². The van der Waals surface area contributed by atoms with Gasteiger partial charge < -0.3 is 5.32 Å². The number of nitrogens with zero attached hydrogens (tertiary/aromatic N) is 5. The Labute approximate surface area is 135 Å². The molecule has 3 aromatic heterocycles. The van der Waals surface area contributed by atoms with Gasteiger partial charge in [-0.2, -0.15) is 4.98 Å². The van der Waals surface area contributed by atoms with Crippen LogP contribution in [-0.2, 0) is 10.5 Å². The first kappa shape index (κ1) is 14.9. The molecule has 0 unspecified atom stereocenters. The molecule has 0 aliphatic carbocycles. The van der Waals surface area contributed by atoms with Gasteiger partial charge in [0.25, 0.3) is 5.78 Å². The van der Waals surface area contributed by atoms with Crippen molar-refractivity contribution in [2.24, 2.45) is 0 Å². The Kier molecular flexibility index (Phi) is 4.08. The Morgan fingerprint density at radius 3 is 2.95 bits per heavy atom. The minimum Gasteiger partial charge on any atom is -0.302 e. The van der Waals surface area contributed by atoms with Crippen LogP contribution in [0.15, 0.2) is 16.6 Å². The molecule has 0 aliphatic rings. The first-order valence-electron chi connectivity index (χ1n) is 6.57. The molecule has 0 atom stereocenters. The van der Waals surface area contributed by atoms with Crippen LogP contribution in [0.25, 0.3) is 5.78 Å². The lowest BCUT2D eigenvalue weighted by atomic mass is 10.4. The van der Waals surface area contributed by atoms with E-state index in [1.807, 2.05) is 25.3 Å². The van der Waals surface area contributed by atoms with E-state index < -0.39 is 0 Å². The fraction of sp³-hybridized carbons (Fsp3) is 0.308. The lowest BCUT2D eigenvalue weighted by molar-refractivity contribution is -0.114. The lowest BCUT2D eigenvalue weighted by Crippen LogP contribution is -2.05. The summed E-state index contributed by atoms with van der Waals surface area (Å²) in [6.45, 7) is 5.38. The van der Waals surface area contributed by atoms with Crippen LogP contribution in [0.3, 0.4) is 0 Å². The van der Waals surface area contributed by atoms with E-state index in [-0.39, 0.29) is 5.91 Å². The van der Waals surface area contributed by atoms with Crippen LogP contribution in [0.2, 0.25) is 0 Å². The van der Waals surface area contributed by atoms with E-state index >= 15 is 0 Å². The number of aromatic nitrogens is 5. The van der Waals surface area contributed by atoms with Crippen LogP contribution < -0.4 is 5.32 Å². The second-order valence-electron chi connectivity index (χ2n) is 4.76. The van der Waals surface area contributed by atoms with Crippen molar-refractivity contribution < 1.29 is 4.79 Å². The van der Waals surface area contributed by atoms with Crippen molar-refractivity contribution in [1.29, 1.82) is 0 Å². The molecule has 1 amide bonds. The Morgan fingerprint density at radius 1 is 1.36 bits per heavy atom. The molecule has 0 bridgehead atoms. The first-order valence-corrected chi connectivity index (χ1v) is 8.43. The number of hydrogen-bond donors (Lipinski definition) is 1. The van der Waals surface area contributed by atoms with Crippen molar-refractivity contribution in [3.05, 3.63) is 28.5 Å². The molecule has 0 saturated carbocycles. The number of thiazole rings is 1. The molecule has 114 valence electrons. The lowest BCUT2D eigenvalue weighted by Gasteiger charge is -1.97. The van der Waals surface area contributed by atoms with Gasteiger partial charge in [0.1, 0.15) is 0 Å². The summed E-state index contributed by atoms with van der Waals surface area (Å²) in [6, 6.07) is 1.97. The van der Waals surface area contributed by atoms with Crippen LogP contribution >= 0.6 is 23.1 Å².